The molecule has 132 valence electrons. The molecular weight excluding hydrogens is 338 g/mol. The van der Waals surface area contributed by atoms with Gasteiger partial charge < -0.3 is 0 Å². The molecule has 3 heterocycles. The van der Waals surface area contributed by atoms with E-state index in [0.29, 0.717) is 0 Å². The van der Waals surface area contributed by atoms with Crippen molar-refractivity contribution in [2.45, 2.75) is 25.4 Å². The molecule has 0 unspecified atom stereocenters. The van der Waals surface area contributed by atoms with Crippen LogP contribution in [0.15, 0.2) is 54.6 Å². The minimum absolute atomic E-state index is 0.747. The van der Waals surface area contributed by atoms with Crippen molar-refractivity contribution >= 4 is 11.8 Å². The standard InChI is InChI=1S/C22H23N3S/c1-2-4-16(5-3-1)17-6-8-18(9-7-17)22-20-14-25(19-11-13-26-15-19)12-10-21(20)23-24-22/h1-9,19H,10-15H2,(H,23,24)/t19-/m1/s1. The van der Waals surface area contributed by atoms with Crippen molar-refractivity contribution in [1.29, 1.82) is 0 Å². The van der Waals surface area contributed by atoms with Crippen LogP contribution in [0.25, 0.3) is 22.4 Å². The van der Waals surface area contributed by atoms with Gasteiger partial charge in [-0.25, -0.2) is 0 Å². The summed E-state index contributed by atoms with van der Waals surface area (Å²) in [6, 6.07) is 20.1. The first-order chi connectivity index (χ1) is 12.9. The summed E-state index contributed by atoms with van der Waals surface area (Å²) in [6.07, 6.45) is 2.42. The molecule has 2 aromatic carbocycles. The zero-order valence-corrected chi connectivity index (χ0v) is 15.6. The van der Waals surface area contributed by atoms with E-state index in [1.165, 1.54) is 45.9 Å². The lowest BCUT2D eigenvalue weighted by Crippen LogP contribution is -2.39. The molecule has 1 N–H and O–H groups in total. The molecule has 0 spiro atoms. The van der Waals surface area contributed by atoms with Crippen LogP contribution in [0.1, 0.15) is 17.7 Å². The smallest absolute Gasteiger partial charge is 0.0968 e. The molecule has 26 heavy (non-hydrogen) atoms. The zero-order valence-electron chi connectivity index (χ0n) is 14.8. The summed E-state index contributed by atoms with van der Waals surface area (Å²) < 4.78 is 0. The number of fused-ring (bicyclic) bond motifs is 1. The molecule has 1 atom stereocenters. The summed E-state index contributed by atoms with van der Waals surface area (Å²) in [7, 11) is 0. The quantitative estimate of drug-likeness (QED) is 0.739. The fourth-order valence-electron chi connectivity index (χ4n) is 4.13. The fourth-order valence-corrected chi connectivity index (χ4v) is 5.38. The van der Waals surface area contributed by atoms with E-state index in [0.717, 1.165) is 31.2 Å². The first kappa shape index (κ1) is 16.2. The van der Waals surface area contributed by atoms with E-state index < -0.39 is 0 Å². The highest BCUT2D eigenvalue weighted by Gasteiger charge is 2.29. The molecule has 0 saturated carbocycles. The van der Waals surface area contributed by atoms with Crippen molar-refractivity contribution in [1.82, 2.24) is 15.1 Å². The Morgan fingerprint density at radius 2 is 1.73 bits per heavy atom. The molecule has 2 aliphatic heterocycles. The third-order valence-electron chi connectivity index (χ3n) is 5.65. The normalized spacial score (nSPS) is 20.2. The van der Waals surface area contributed by atoms with Gasteiger partial charge in [-0.1, -0.05) is 54.6 Å². The number of aromatic amines is 1. The number of nitrogens with zero attached hydrogens (tertiary/aromatic N) is 2. The van der Waals surface area contributed by atoms with Crippen molar-refractivity contribution in [2.24, 2.45) is 0 Å². The Morgan fingerprint density at radius 1 is 0.962 bits per heavy atom. The monoisotopic (exact) mass is 361 g/mol. The number of H-pyrrole nitrogens is 1. The average Bonchev–Trinajstić information content (AvgIpc) is 3.38. The van der Waals surface area contributed by atoms with Crippen LogP contribution in [0, 0.1) is 0 Å². The zero-order chi connectivity index (χ0) is 17.3. The third-order valence-corrected chi connectivity index (χ3v) is 6.80. The van der Waals surface area contributed by atoms with Crippen LogP contribution in [0.4, 0.5) is 0 Å². The van der Waals surface area contributed by atoms with E-state index in [2.05, 4.69) is 81.5 Å². The highest BCUT2D eigenvalue weighted by molar-refractivity contribution is 7.99. The maximum Gasteiger partial charge on any atom is 0.0968 e. The van der Waals surface area contributed by atoms with E-state index in [1.54, 1.807) is 0 Å². The van der Waals surface area contributed by atoms with Crippen LogP contribution in [0.2, 0.25) is 0 Å². The lowest BCUT2D eigenvalue weighted by molar-refractivity contribution is 0.194. The molecule has 1 fully saturated rings. The molecule has 4 heteroatoms. The van der Waals surface area contributed by atoms with Crippen LogP contribution in [0.5, 0.6) is 0 Å². The Hall–Kier alpha value is -2.04. The van der Waals surface area contributed by atoms with E-state index in [9.17, 15) is 0 Å². The van der Waals surface area contributed by atoms with Crippen LogP contribution in [-0.2, 0) is 13.0 Å². The first-order valence-corrected chi connectivity index (χ1v) is 10.6. The van der Waals surface area contributed by atoms with Gasteiger partial charge in [0.2, 0.25) is 0 Å². The topological polar surface area (TPSA) is 31.9 Å². The van der Waals surface area contributed by atoms with Crippen LogP contribution in [-0.4, -0.2) is 39.2 Å². The number of hydrogen-bond donors (Lipinski definition) is 1. The van der Waals surface area contributed by atoms with E-state index in [4.69, 9.17) is 0 Å². The second kappa shape index (κ2) is 6.93. The van der Waals surface area contributed by atoms with Gasteiger partial charge in [0.25, 0.3) is 0 Å². The Kier molecular flexibility index (Phi) is 4.31. The maximum atomic E-state index is 4.67. The van der Waals surface area contributed by atoms with Crippen LogP contribution >= 0.6 is 11.8 Å². The maximum absolute atomic E-state index is 4.67. The summed E-state index contributed by atoms with van der Waals surface area (Å²) >= 11 is 2.09. The van der Waals surface area contributed by atoms with Gasteiger partial charge >= 0.3 is 0 Å². The highest BCUT2D eigenvalue weighted by Crippen LogP contribution is 2.32. The number of benzene rings is 2. The van der Waals surface area contributed by atoms with E-state index >= 15 is 0 Å². The third kappa shape index (κ3) is 2.97. The Morgan fingerprint density at radius 3 is 2.50 bits per heavy atom. The minimum atomic E-state index is 0.747. The molecule has 0 radical (unpaired) electrons. The fraction of sp³-hybridized carbons (Fsp3) is 0.318. The first-order valence-electron chi connectivity index (χ1n) is 9.42. The van der Waals surface area contributed by atoms with Crippen molar-refractivity contribution in [3.8, 4) is 22.4 Å². The van der Waals surface area contributed by atoms with Crippen molar-refractivity contribution < 1.29 is 0 Å². The van der Waals surface area contributed by atoms with Crippen LogP contribution in [0.3, 0.4) is 0 Å². The largest absolute Gasteiger partial charge is 0.295 e. The molecule has 3 nitrogen and oxygen atoms in total. The molecule has 0 bridgehead atoms. The SMILES string of the molecule is c1ccc(-c2ccc(-c3n[nH]c4c3CN([C@@H]3CCSC3)CC4)cc2)cc1. The summed E-state index contributed by atoms with van der Waals surface area (Å²) in [5.41, 5.74) is 7.59. The number of nitrogens with one attached hydrogen (secondary N) is 1. The van der Waals surface area contributed by atoms with Gasteiger partial charge in [-0.2, -0.15) is 16.9 Å². The van der Waals surface area contributed by atoms with Gasteiger partial charge in [-0.3, -0.25) is 10.00 Å². The van der Waals surface area contributed by atoms with Gasteiger partial charge in [-0.15, -0.1) is 0 Å². The average molecular weight is 362 g/mol. The number of hydrogen-bond acceptors (Lipinski definition) is 3. The predicted octanol–water partition coefficient (Wildman–Crippen LogP) is 4.61. The van der Waals surface area contributed by atoms with Gasteiger partial charge in [0.1, 0.15) is 0 Å². The second-order valence-electron chi connectivity index (χ2n) is 7.21. The summed E-state index contributed by atoms with van der Waals surface area (Å²) in [6.45, 7) is 2.19. The summed E-state index contributed by atoms with van der Waals surface area (Å²) in [4.78, 5) is 2.67. The molecule has 5 rings (SSSR count). The van der Waals surface area contributed by atoms with E-state index in [1.807, 2.05) is 0 Å². The molecular formula is C22H23N3S. The molecule has 0 amide bonds. The van der Waals surface area contributed by atoms with Crippen molar-refractivity contribution in [3.63, 3.8) is 0 Å². The lowest BCUT2D eigenvalue weighted by Gasteiger charge is -2.31. The Bertz CT molecular complexity index is 880. The molecule has 0 aliphatic carbocycles. The van der Waals surface area contributed by atoms with Gasteiger partial charge in [0, 0.05) is 48.1 Å². The van der Waals surface area contributed by atoms with E-state index in [-0.39, 0.29) is 0 Å². The predicted molar refractivity (Wildman–Crippen MR) is 109 cm³/mol. The second-order valence-corrected chi connectivity index (χ2v) is 8.36. The highest BCUT2D eigenvalue weighted by atomic mass is 32.2. The van der Waals surface area contributed by atoms with Gasteiger partial charge in [0.15, 0.2) is 0 Å². The lowest BCUT2D eigenvalue weighted by atomic mass is 9.98. The Balaban J connectivity index is 1.42. The molecule has 2 aliphatic rings. The summed E-state index contributed by atoms with van der Waals surface area (Å²) in [5, 5.41) is 7.97. The van der Waals surface area contributed by atoms with Crippen molar-refractivity contribution in [2.75, 3.05) is 18.1 Å². The number of aromatic nitrogens is 2. The Labute approximate surface area is 158 Å². The van der Waals surface area contributed by atoms with Gasteiger partial charge in [-0.05, 0) is 23.3 Å². The molecule has 1 saturated heterocycles. The van der Waals surface area contributed by atoms with Crippen molar-refractivity contribution in [3.05, 3.63) is 65.9 Å². The molecule has 3 aromatic rings. The number of thioether (sulfide) groups is 1. The van der Waals surface area contributed by atoms with Crippen LogP contribution < -0.4 is 0 Å². The number of rotatable bonds is 3. The van der Waals surface area contributed by atoms with Gasteiger partial charge in [0.05, 0.1) is 5.69 Å². The summed E-state index contributed by atoms with van der Waals surface area (Å²) in [5.74, 6) is 2.60. The minimum Gasteiger partial charge on any atom is -0.295 e. The molecule has 1 aromatic heterocycles.